The minimum atomic E-state index is -0.107. The average Bonchev–Trinajstić information content (AvgIpc) is 2.62. The molecule has 1 aliphatic heterocycles. The van der Waals surface area contributed by atoms with E-state index in [1.54, 1.807) is 6.07 Å². The van der Waals surface area contributed by atoms with Gasteiger partial charge in [0, 0.05) is 29.6 Å². The quantitative estimate of drug-likeness (QED) is 0.788. The lowest BCUT2D eigenvalue weighted by atomic mass is 9.90. The second-order valence-corrected chi connectivity index (χ2v) is 6.65. The van der Waals surface area contributed by atoms with Crippen molar-refractivity contribution in [2.45, 2.75) is 19.3 Å². The van der Waals surface area contributed by atoms with E-state index in [0.29, 0.717) is 18.0 Å². The predicted molar refractivity (Wildman–Crippen MR) is 95.2 cm³/mol. The fourth-order valence-corrected chi connectivity index (χ4v) is 3.40. The number of Topliss-reactive ketones (excluding diaryl/α,β-unsaturated/α-hetero) is 1. The highest BCUT2D eigenvalue weighted by Gasteiger charge is 2.28. The number of carbonyl (C=O) groups is 2. The molecule has 24 heavy (non-hydrogen) atoms. The largest absolute Gasteiger partial charge is 0.342 e. The van der Waals surface area contributed by atoms with Gasteiger partial charge in [0.2, 0.25) is 5.91 Å². The second-order valence-electron chi connectivity index (χ2n) is 6.22. The Hall–Kier alpha value is -2.13. The van der Waals surface area contributed by atoms with Gasteiger partial charge in [-0.25, -0.2) is 0 Å². The summed E-state index contributed by atoms with van der Waals surface area (Å²) in [6.45, 7) is 1.23. The van der Waals surface area contributed by atoms with Gasteiger partial charge in [0.25, 0.3) is 0 Å². The summed E-state index contributed by atoms with van der Waals surface area (Å²) in [5, 5.41) is 0.635. The van der Waals surface area contributed by atoms with Gasteiger partial charge >= 0.3 is 0 Å². The molecule has 0 unspecified atom stereocenters. The average molecular weight is 342 g/mol. The Morgan fingerprint density at radius 1 is 1.08 bits per heavy atom. The van der Waals surface area contributed by atoms with Crippen LogP contribution in [-0.4, -0.2) is 29.7 Å². The monoisotopic (exact) mass is 341 g/mol. The SMILES string of the molecule is O=C(c1ccccc1)[C@H]1CCCN(C(=O)Cc2cccc(Cl)c2)C1. The van der Waals surface area contributed by atoms with Crippen molar-refractivity contribution in [2.75, 3.05) is 13.1 Å². The molecule has 3 nitrogen and oxygen atoms in total. The van der Waals surface area contributed by atoms with E-state index in [2.05, 4.69) is 0 Å². The summed E-state index contributed by atoms with van der Waals surface area (Å²) in [5.41, 5.74) is 1.63. The zero-order valence-corrected chi connectivity index (χ0v) is 14.2. The number of rotatable bonds is 4. The zero-order valence-electron chi connectivity index (χ0n) is 13.5. The van der Waals surface area contributed by atoms with Crippen LogP contribution in [0.3, 0.4) is 0 Å². The molecular formula is C20H20ClNO2. The van der Waals surface area contributed by atoms with Crippen molar-refractivity contribution >= 4 is 23.3 Å². The molecule has 0 bridgehead atoms. The van der Waals surface area contributed by atoms with Crippen LogP contribution >= 0.6 is 11.6 Å². The minimum absolute atomic E-state index is 0.0582. The number of benzene rings is 2. The van der Waals surface area contributed by atoms with E-state index in [9.17, 15) is 9.59 Å². The number of likely N-dealkylation sites (tertiary alicyclic amines) is 1. The van der Waals surface area contributed by atoms with Crippen molar-refractivity contribution in [3.8, 4) is 0 Å². The van der Waals surface area contributed by atoms with E-state index in [4.69, 9.17) is 11.6 Å². The Labute approximate surface area is 147 Å². The molecule has 0 aliphatic carbocycles. The lowest BCUT2D eigenvalue weighted by Gasteiger charge is -2.32. The van der Waals surface area contributed by atoms with Crippen LogP contribution in [0.2, 0.25) is 5.02 Å². The molecule has 0 saturated carbocycles. The molecule has 2 aromatic carbocycles. The van der Waals surface area contributed by atoms with Crippen LogP contribution in [0, 0.1) is 5.92 Å². The molecule has 0 radical (unpaired) electrons. The van der Waals surface area contributed by atoms with Crippen LogP contribution in [0.25, 0.3) is 0 Å². The summed E-state index contributed by atoms with van der Waals surface area (Å²) in [4.78, 5) is 27.0. The standard InChI is InChI=1S/C20H20ClNO2/c21-18-10-4-6-15(12-18)13-19(23)22-11-5-9-17(14-22)20(24)16-7-2-1-3-8-16/h1-4,6-8,10,12,17H,5,9,11,13-14H2/t17-/m0/s1. The molecule has 0 aromatic heterocycles. The summed E-state index contributed by atoms with van der Waals surface area (Å²) >= 11 is 5.98. The highest BCUT2D eigenvalue weighted by atomic mass is 35.5. The Morgan fingerprint density at radius 3 is 2.62 bits per heavy atom. The number of carbonyl (C=O) groups excluding carboxylic acids is 2. The van der Waals surface area contributed by atoms with Gasteiger partial charge in [0.1, 0.15) is 0 Å². The molecular weight excluding hydrogens is 322 g/mol. The Bertz CT molecular complexity index is 729. The zero-order chi connectivity index (χ0) is 16.9. The van der Waals surface area contributed by atoms with Crippen molar-refractivity contribution in [3.63, 3.8) is 0 Å². The minimum Gasteiger partial charge on any atom is -0.342 e. The number of ketones is 1. The molecule has 4 heteroatoms. The lowest BCUT2D eigenvalue weighted by molar-refractivity contribution is -0.131. The fourth-order valence-electron chi connectivity index (χ4n) is 3.19. The van der Waals surface area contributed by atoms with Crippen LogP contribution in [0.5, 0.6) is 0 Å². The van der Waals surface area contributed by atoms with Crippen LogP contribution in [0.15, 0.2) is 54.6 Å². The summed E-state index contributed by atoms with van der Waals surface area (Å²) in [6.07, 6.45) is 2.03. The first kappa shape index (κ1) is 16.7. The molecule has 1 heterocycles. The fraction of sp³-hybridized carbons (Fsp3) is 0.300. The first-order valence-corrected chi connectivity index (χ1v) is 8.63. The van der Waals surface area contributed by atoms with Crippen LogP contribution in [-0.2, 0) is 11.2 Å². The molecule has 1 fully saturated rings. The molecule has 0 N–H and O–H groups in total. The number of amides is 1. The maximum Gasteiger partial charge on any atom is 0.227 e. The van der Waals surface area contributed by atoms with E-state index in [1.165, 1.54) is 0 Å². The Kier molecular flexibility index (Phi) is 5.31. The van der Waals surface area contributed by atoms with E-state index in [0.717, 1.165) is 30.5 Å². The smallest absolute Gasteiger partial charge is 0.227 e. The van der Waals surface area contributed by atoms with Gasteiger partial charge in [-0.05, 0) is 30.5 Å². The Morgan fingerprint density at radius 2 is 1.88 bits per heavy atom. The van der Waals surface area contributed by atoms with Crippen molar-refractivity contribution in [3.05, 3.63) is 70.7 Å². The van der Waals surface area contributed by atoms with Crippen molar-refractivity contribution in [2.24, 2.45) is 5.92 Å². The number of hydrogen-bond donors (Lipinski definition) is 0. The van der Waals surface area contributed by atoms with Crippen molar-refractivity contribution < 1.29 is 9.59 Å². The number of piperidine rings is 1. The molecule has 3 rings (SSSR count). The number of halogens is 1. The van der Waals surface area contributed by atoms with Gasteiger partial charge in [-0.2, -0.15) is 0 Å². The third-order valence-electron chi connectivity index (χ3n) is 4.45. The second kappa shape index (κ2) is 7.63. The molecule has 124 valence electrons. The van der Waals surface area contributed by atoms with Gasteiger partial charge in [0.05, 0.1) is 6.42 Å². The summed E-state index contributed by atoms with van der Waals surface area (Å²) in [7, 11) is 0. The maximum absolute atomic E-state index is 12.6. The van der Waals surface area contributed by atoms with Crippen molar-refractivity contribution in [1.82, 2.24) is 4.90 Å². The lowest BCUT2D eigenvalue weighted by Crippen LogP contribution is -2.43. The summed E-state index contributed by atoms with van der Waals surface area (Å²) < 4.78 is 0. The van der Waals surface area contributed by atoms with E-state index < -0.39 is 0 Å². The maximum atomic E-state index is 12.6. The van der Waals surface area contributed by atoms with Crippen LogP contribution < -0.4 is 0 Å². The molecule has 2 aromatic rings. The first-order chi connectivity index (χ1) is 11.6. The normalized spacial score (nSPS) is 17.5. The van der Waals surface area contributed by atoms with E-state index in [1.807, 2.05) is 53.4 Å². The third-order valence-corrected chi connectivity index (χ3v) is 4.68. The van der Waals surface area contributed by atoms with Gasteiger partial charge < -0.3 is 4.90 Å². The number of hydrogen-bond acceptors (Lipinski definition) is 2. The molecule has 0 spiro atoms. The predicted octanol–water partition coefficient (Wildman–Crippen LogP) is 4.00. The van der Waals surface area contributed by atoms with Gasteiger partial charge in [0.15, 0.2) is 5.78 Å². The van der Waals surface area contributed by atoms with Crippen molar-refractivity contribution in [1.29, 1.82) is 0 Å². The van der Waals surface area contributed by atoms with Gasteiger partial charge in [-0.1, -0.05) is 54.1 Å². The van der Waals surface area contributed by atoms with Gasteiger partial charge in [-0.15, -0.1) is 0 Å². The molecule has 1 atom stereocenters. The molecule has 1 amide bonds. The Balaban J connectivity index is 1.65. The topological polar surface area (TPSA) is 37.4 Å². The van der Waals surface area contributed by atoms with E-state index in [-0.39, 0.29) is 17.6 Å². The first-order valence-electron chi connectivity index (χ1n) is 8.25. The molecule has 1 aliphatic rings. The third kappa shape index (κ3) is 4.04. The van der Waals surface area contributed by atoms with E-state index >= 15 is 0 Å². The highest BCUT2D eigenvalue weighted by Crippen LogP contribution is 2.22. The van der Waals surface area contributed by atoms with Crippen LogP contribution in [0.4, 0.5) is 0 Å². The highest BCUT2D eigenvalue weighted by molar-refractivity contribution is 6.30. The van der Waals surface area contributed by atoms with Crippen LogP contribution in [0.1, 0.15) is 28.8 Å². The summed E-state index contributed by atoms with van der Waals surface area (Å²) in [6, 6.07) is 16.7. The summed E-state index contributed by atoms with van der Waals surface area (Å²) in [5.74, 6) is 0.0862. The molecule has 1 saturated heterocycles. The van der Waals surface area contributed by atoms with Gasteiger partial charge in [-0.3, -0.25) is 9.59 Å². The number of nitrogens with zero attached hydrogens (tertiary/aromatic N) is 1.